The lowest BCUT2D eigenvalue weighted by Gasteiger charge is -2.23. The average molecular weight is 207 g/mol. The second kappa shape index (κ2) is 4.67. The molecule has 0 saturated carbocycles. The van der Waals surface area contributed by atoms with Gasteiger partial charge in [0.25, 0.3) is 0 Å². The van der Waals surface area contributed by atoms with Crippen molar-refractivity contribution in [2.24, 2.45) is 11.1 Å². The van der Waals surface area contributed by atoms with Crippen LogP contribution in [0.4, 0.5) is 0 Å². The molecule has 1 aromatic rings. The van der Waals surface area contributed by atoms with Gasteiger partial charge in [-0.3, -0.25) is 0 Å². The minimum Gasteiger partial charge on any atom is -0.497 e. The van der Waals surface area contributed by atoms with Crippen LogP contribution in [-0.4, -0.2) is 7.11 Å². The largest absolute Gasteiger partial charge is 0.497 e. The maximum atomic E-state index is 6.13. The van der Waals surface area contributed by atoms with Gasteiger partial charge in [-0.25, -0.2) is 0 Å². The van der Waals surface area contributed by atoms with Crippen molar-refractivity contribution in [1.82, 2.24) is 0 Å². The lowest BCUT2D eigenvalue weighted by Crippen LogP contribution is -2.18. The second-order valence-electron chi connectivity index (χ2n) is 5.14. The van der Waals surface area contributed by atoms with Gasteiger partial charge < -0.3 is 10.5 Å². The fourth-order valence-corrected chi connectivity index (χ4v) is 1.63. The molecule has 0 aliphatic carbocycles. The van der Waals surface area contributed by atoms with Crippen LogP contribution in [0.3, 0.4) is 0 Å². The van der Waals surface area contributed by atoms with Gasteiger partial charge in [-0.2, -0.15) is 0 Å². The summed E-state index contributed by atoms with van der Waals surface area (Å²) in [5.74, 6) is 0.877. The van der Waals surface area contributed by atoms with Crippen LogP contribution in [0.5, 0.6) is 5.75 Å². The number of methoxy groups -OCH3 is 1. The Morgan fingerprint density at radius 1 is 1.20 bits per heavy atom. The van der Waals surface area contributed by atoms with Gasteiger partial charge in [0.05, 0.1) is 7.11 Å². The van der Waals surface area contributed by atoms with Crippen LogP contribution < -0.4 is 10.5 Å². The van der Waals surface area contributed by atoms with Crippen molar-refractivity contribution in [2.45, 2.75) is 33.2 Å². The van der Waals surface area contributed by atoms with Crippen molar-refractivity contribution < 1.29 is 4.74 Å². The maximum Gasteiger partial charge on any atom is 0.118 e. The summed E-state index contributed by atoms with van der Waals surface area (Å²) < 4.78 is 5.11. The van der Waals surface area contributed by atoms with E-state index in [9.17, 15) is 0 Å². The summed E-state index contributed by atoms with van der Waals surface area (Å²) in [6.45, 7) is 6.61. The van der Waals surface area contributed by atoms with Crippen molar-refractivity contribution >= 4 is 0 Å². The predicted molar refractivity (Wildman–Crippen MR) is 64.0 cm³/mol. The second-order valence-corrected chi connectivity index (χ2v) is 5.14. The maximum absolute atomic E-state index is 6.13. The molecule has 0 fully saturated rings. The number of nitrogens with two attached hydrogens (primary N) is 1. The summed E-state index contributed by atoms with van der Waals surface area (Å²) in [5, 5.41) is 0. The fraction of sp³-hybridized carbons (Fsp3) is 0.538. The van der Waals surface area contributed by atoms with Crippen LogP contribution in [0.15, 0.2) is 24.3 Å². The van der Waals surface area contributed by atoms with E-state index in [-0.39, 0.29) is 11.5 Å². The Labute approximate surface area is 92.4 Å². The summed E-state index contributed by atoms with van der Waals surface area (Å²) >= 11 is 0. The third-order valence-electron chi connectivity index (χ3n) is 2.38. The number of benzene rings is 1. The van der Waals surface area contributed by atoms with E-state index in [1.165, 1.54) is 5.56 Å². The summed E-state index contributed by atoms with van der Waals surface area (Å²) in [5.41, 5.74) is 7.57. The van der Waals surface area contributed by atoms with Crippen LogP contribution in [-0.2, 0) is 0 Å². The predicted octanol–water partition coefficient (Wildman–Crippen LogP) is 3.13. The van der Waals surface area contributed by atoms with Gasteiger partial charge in [0.2, 0.25) is 0 Å². The molecule has 0 heterocycles. The van der Waals surface area contributed by atoms with E-state index in [4.69, 9.17) is 10.5 Å². The molecule has 0 aliphatic heterocycles. The molecule has 0 amide bonds. The number of rotatable bonds is 3. The van der Waals surface area contributed by atoms with Gasteiger partial charge in [0.15, 0.2) is 0 Å². The highest BCUT2D eigenvalue weighted by molar-refractivity contribution is 5.28. The number of hydrogen-bond acceptors (Lipinski definition) is 2. The standard InChI is InChI=1S/C13H21NO/c1-13(2,3)9-12(14)10-5-7-11(15-4)8-6-10/h5-8,12H,9,14H2,1-4H3/t12-/m0/s1. The van der Waals surface area contributed by atoms with Gasteiger partial charge in [0, 0.05) is 6.04 Å². The molecule has 0 bridgehead atoms. The van der Waals surface area contributed by atoms with Crippen LogP contribution in [0.1, 0.15) is 38.8 Å². The quantitative estimate of drug-likeness (QED) is 0.826. The summed E-state index contributed by atoms with van der Waals surface area (Å²) in [4.78, 5) is 0. The molecule has 2 nitrogen and oxygen atoms in total. The Morgan fingerprint density at radius 3 is 2.13 bits per heavy atom. The van der Waals surface area contributed by atoms with Gasteiger partial charge in [0.1, 0.15) is 5.75 Å². The monoisotopic (exact) mass is 207 g/mol. The molecule has 0 aromatic heterocycles. The first-order chi connectivity index (χ1) is 6.92. The zero-order valence-electron chi connectivity index (χ0n) is 10.1. The Bertz CT molecular complexity index is 297. The molecular formula is C13H21NO. The smallest absolute Gasteiger partial charge is 0.118 e. The molecule has 0 unspecified atom stereocenters. The Hall–Kier alpha value is -1.02. The topological polar surface area (TPSA) is 35.2 Å². The zero-order chi connectivity index (χ0) is 11.5. The molecule has 1 atom stereocenters. The van der Waals surface area contributed by atoms with Crippen LogP contribution in [0.2, 0.25) is 0 Å². The lowest BCUT2D eigenvalue weighted by atomic mass is 9.86. The highest BCUT2D eigenvalue weighted by Crippen LogP contribution is 2.28. The van der Waals surface area contributed by atoms with E-state index in [0.717, 1.165) is 12.2 Å². The molecule has 1 rings (SSSR count). The minimum atomic E-state index is 0.107. The van der Waals surface area contributed by atoms with Gasteiger partial charge in [-0.05, 0) is 29.5 Å². The number of hydrogen-bond donors (Lipinski definition) is 1. The Balaban J connectivity index is 2.70. The Kier molecular flexibility index (Phi) is 3.75. The minimum absolute atomic E-state index is 0.107. The molecule has 0 saturated heterocycles. The molecule has 2 N–H and O–H groups in total. The summed E-state index contributed by atoms with van der Waals surface area (Å²) in [7, 11) is 1.67. The Morgan fingerprint density at radius 2 is 1.73 bits per heavy atom. The summed E-state index contributed by atoms with van der Waals surface area (Å²) in [6.07, 6.45) is 0.985. The molecule has 0 radical (unpaired) electrons. The summed E-state index contributed by atoms with van der Waals surface area (Å²) in [6, 6.07) is 8.09. The van der Waals surface area contributed by atoms with Crippen LogP contribution in [0.25, 0.3) is 0 Å². The average Bonchev–Trinajstić information content (AvgIpc) is 2.15. The van der Waals surface area contributed by atoms with Crippen molar-refractivity contribution in [1.29, 1.82) is 0 Å². The first kappa shape index (κ1) is 12.1. The van der Waals surface area contributed by atoms with Crippen molar-refractivity contribution in [3.63, 3.8) is 0 Å². The normalized spacial score (nSPS) is 13.7. The van der Waals surface area contributed by atoms with Crippen molar-refractivity contribution in [2.75, 3.05) is 7.11 Å². The van der Waals surface area contributed by atoms with Crippen molar-refractivity contribution in [3.8, 4) is 5.75 Å². The van der Waals surface area contributed by atoms with Crippen molar-refractivity contribution in [3.05, 3.63) is 29.8 Å². The molecule has 1 aromatic carbocycles. The van der Waals surface area contributed by atoms with E-state index in [1.54, 1.807) is 7.11 Å². The molecule has 0 spiro atoms. The van der Waals surface area contributed by atoms with Gasteiger partial charge in [-0.1, -0.05) is 32.9 Å². The number of ether oxygens (including phenoxy) is 1. The van der Waals surface area contributed by atoms with E-state index in [1.807, 2.05) is 24.3 Å². The van der Waals surface area contributed by atoms with E-state index in [2.05, 4.69) is 20.8 Å². The SMILES string of the molecule is COc1ccc([C@@H](N)CC(C)(C)C)cc1. The molecule has 84 valence electrons. The highest BCUT2D eigenvalue weighted by Gasteiger charge is 2.16. The van der Waals surface area contributed by atoms with Crippen LogP contribution >= 0.6 is 0 Å². The lowest BCUT2D eigenvalue weighted by molar-refractivity contribution is 0.342. The van der Waals surface area contributed by atoms with Crippen LogP contribution in [0, 0.1) is 5.41 Å². The molecular weight excluding hydrogens is 186 g/mol. The first-order valence-corrected chi connectivity index (χ1v) is 5.32. The molecule has 15 heavy (non-hydrogen) atoms. The third kappa shape index (κ3) is 3.92. The van der Waals surface area contributed by atoms with E-state index in [0.29, 0.717) is 0 Å². The van der Waals surface area contributed by atoms with Gasteiger partial charge >= 0.3 is 0 Å². The fourth-order valence-electron chi connectivity index (χ4n) is 1.63. The third-order valence-corrected chi connectivity index (χ3v) is 2.38. The molecule has 2 heteroatoms. The highest BCUT2D eigenvalue weighted by atomic mass is 16.5. The molecule has 0 aliphatic rings. The first-order valence-electron chi connectivity index (χ1n) is 5.32. The van der Waals surface area contributed by atoms with E-state index >= 15 is 0 Å². The zero-order valence-corrected chi connectivity index (χ0v) is 10.1. The van der Waals surface area contributed by atoms with E-state index < -0.39 is 0 Å². The van der Waals surface area contributed by atoms with Gasteiger partial charge in [-0.15, -0.1) is 0 Å².